The summed E-state index contributed by atoms with van der Waals surface area (Å²) in [6.45, 7) is 1.52. The Labute approximate surface area is 176 Å². The summed E-state index contributed by atoms with van der Waals surface area (Å²) < 4.78 is 61.9. The molecule has 0 aliphatic carbocycles. The van der Waals surface area contributed by atoms with Crippen molar-refractivity contribution in [1.29, 1.82) is 0 Å². The van der Waals surface area contributed by atoms with Gasteiger partial charge in [0.15, 0.2) is 0 Å². The molecule has 1 atom stereocenters. The molecule has 3 nitrogen and oxygen atoms in total. The molecule has 3 heterocycles. The van der Waals surface area contributed by atoms with Crippen LogP contribution in [-0.2, 0) is 5.41 Å². The molecule has 0 N–H and O–H groups in total. The van der Waals surface area contributed by atoms with Gasteiger partial charge in [-0.1, -0.05) is 41.4 Å². The Morgan fingerprint density at radius 3 is 2.61 bits per heavy atom. The van der Waals surface area contributed by atoms with Crippen molar-refractivity contribution in [2.75, 3.05) is 0 Å². The Hall–Kier alpha value is -2.68. The van der Waals surface area contributed by atoms with Gasteiger partial charge in [0, 0.05) is 43.2 Å². The Morgan fingerprint density at radius 1 is 1.04 bits per heavy atom. The highest BCUT2D eigenvalue weighted by Gasteiger charge is 2.18. The molecule has 0 amide bonds. The largest absolute Gasteiger partial charge is 0.438 e. The molecular weight excluding hydrogens is 344 g/mol. The third-order valence-corrected chi connectivity index (χ3v) is 5.23. The fourth-order valence-electron chi connectivity index (χ4n) is 3.26. The first-order valence-corrected chi connectivity index (χ1v) is 9.38. The Bertz CT molecular complexity index is 1390. The number of pyridine rings is 2. The molecule has 144 valence electrons. The predicted molar refractivity (Wildman–Crippen MR) is 117 cm³/mol. The number of hydrogen-bond acceptors (Lipinski definition) is 3. The van der Waals surface area contributed by atoms with Crippen LogP contribution in [0.2, 0.25) is 0 Å². The number of aromatic nitrogens is 2. The topological polar surface area (TPSA) is 38.9 Å². The van der Waals surface area contributed by atoms with Crippen LogP contribution in [-0.4, -0.2) is 9.97 Å². The molecule has 0 fully saturated rings. The molecule has 1 unspecified atom stereocenters. The van der Waals surface area contributed by atoms with E-state index in [0.29, 0.717) is 11.0 Å². The van der Waals surface area contributed by atoms with Crippen molar-refractivity contribution in [2.24, 2.45) is 5.92 Å². The standard InChI is InChI=1S/C25H28N2O/c1-15(2)16(3)17-11-12-26-21(14-17)18-7-9-22-20(13-18)19-8-10-23(25(4,5)6)27-24(19)28-22/h7-16H,1-6H3/i4D3,5D3,16D. The minimum atomic E-state index is -2.79. The normalized spacial score (nSPS) is 19.2. The van der Waals surface area contributed by atoms with Gasteiger partial charge in [0.1, 0.15) is 5.58 Å². The molecule has 4 aromatic rings. The van der Waals surface area contributed by atoms with Gasteiger partial charge in [-0.15, -0.1) is 0 Å². The molecular formula is C25H28N2O. The minimum Gasteiger partial charge on any atom is -0.438 e. The van der Waals surface area contributed by atoms with Gasteiger partial charge in [-0.05, 0) is 59.8 Å². The minimum absolute atomic E-state index is 0.0675. The molecule has 28 heavy (non-hydrogen) atoms. The lowest BCUT2D eigenvalue weighted by atomic mass is 9.90. The van der Waals surface area contributed by atoms with E-state index in [1.54, 1.807) is 18.3 Å². The van der Waals surface area contributed by atoms with Gasteiger partial charge in [0.05, 0.1) is 5.69 Å². The Balaban J connectivity index is 1.84. The second-order valence-corrected chi connectivity index (χ2v) is 7.75. The number of nitrogens with zero attached hydrogens (tertiary/aromatic N) is 2. The smallest absolute Gasteiger partial charge is 0.227 e. The third-order valence-electron chi connectivity index (χ3n) is 5.23. The van der Waals surface area contributed by atoms with Gasteiger partial charge in [0.2, 0.25) is 5.71 Å². The van der Waals surface area contributed by atoms with E-state index in [1.807, 2.05) is 45.0 Å². The van der Waals surface area contributed by atoms with Crippen molar-refractivity contribution in [2.45, 2.75) is 52.7 Å². The summed E-state index contributed by atoms with van der Waals surface area (Å²) in [4.78, 5) is 8.86. The van der Waals surface area contributed by atoms with E-state index in [9.17, 15) is 0 Å². The maximum Gasteiger partial charge on any atom is 0.227 e. The molecule has 0 saturated carbocycles. The van der Waals surface area contributed by atoms with Crippen molar-refractivity contribution in [3.05, 3.63) is 59.9 Å². The predicted octanol–water partition coefficient (Wildman–Crippen LogP) is 7.10. The van der Waals surface area contributed by atoms with Crippen LogP contribution in [0.25, 0.3) is 33.3 Å². The number of benzene rings is 1. The summed E-state index contributed by atoms with van der Waals surface area (Å²) in [6, 6.07) is 12.5. The van der Waals surface area contributed by atoms with Crippen LogP contribution >= 0.6 is 0 Å². The molecule has 0 bridgehead atoms. The van der Waals surface area contributed by atoms with E-state index >= 15 is 0 Å². The summed E-state index contributed by atoms with van der Waals surface area (Å²) in [7, 11) is 0. The van der Waals surface area contributed by atoms with E-state index in [4.69, 9.17) is 14.0 Å². The second-order valence-electron chi connectivity index (χ2n) is 7.75. The molecule has 3 heteroatoms. The maximum atomic E-state index is 8.72. The lowest BCUT2D eigenvalue weighted by Gasteiger charge is -2.16. The van der Waals surface area contributed by atoms with Gasteiger partial charge < -0.3 is 4.42 Å². The van der Waals surface area contributed by atoms with Crippen LogP contribution in [0.5, 0.6) is 0 Å². The molecule has 0 aliphatic heterocycles. The second kappa shape index (κ2) is 6.73. The fraction of sp³-hybridized carbons (Fsp3) is 0.360. The lowest BCUT2D eigenvalue weighted by molar-refractivity contribution is 0.535. The average Bonchev–Trinajstić information content (AvgIpc) is 3.14. The summed E-state index contributed by atoms with van der Waals surface area (Å²) >= 11 is 0. The highest BCUT2D eigenvalue weighted by molar-refractivity contribution is 6.05. The van der Waals surface area contributed by atoms with Crippen LogP contribution in [0.1, 0.15) is 68.1 Å². The zero-order valence-electron chi connectivity index (χ0n) is 23.5. The lowest BCUT2D eigenvalue weighted by Crippen LogP contribution is -2.12. The van der Waals surface area contributed by atoms with Crippen molar-refractivity contribution < 1.29 is 14.0 Å². The molecule has 0 spiro atoms. The van der Waals surface area contributed by atoms with E-state index in [0.717, 1.165) is 22.2 Å². The zero-order valence-corrected chi connectivity index (χ0v) is 16.5. The molecule has 4 rings (SSSR count). The van der Waals surface area contributed by atoms with Crippen LogP contribution < -0.4 is 0 Å². The first-order chi connectivity index (χ1) is 16.1. The Morgan fingerprint density at radius 2 is 1.86 bits per heavy atom. The number of fused-ring (bicyclic) bond motifs is 3. The van der Waals surface area contributed by atoms with E-state index in [2.05, 4.69) is 9.97 Å². The summed E-state index contributed by atoms with van der Waals surface area (Å²) in [6.07, 6.45) is 1.70. The summed E-state index contributed by atoms with van der Waals surface area (Å²) in [5, 5.41) is 1.40. The zero-order chi connectivity index (χ0) is 26.0. The first kappa shape index (κ1) is 12.0. The molecule has 0 aliphatic rings. The van der Waals surface area contributed by atoms with Gasteiger partial charge >= 0.3 is 0 Å². The molecule has 1 aromatic carbocycles. The van der Waals surface area contributed by atoms with Crippen molar-refractivity contribution in [3.63, 3.8) is 0 Å². The van der Waals surface area contributed by atoms with E-state index in [1.165, 1.54) is 13.0 Å². The Kier molecular flexibility index (Phi) is 2.89. The van der Waals surface area contributed by atoms with Crippen LogP contribution in [0, 0.1) is 5.92 Å². The third kappa shape index (κ3) is 3.30. The van der Waals surface area contributed by atoms with E-state index in [-0.39, 0.29) is 17.3 Å². The van der Waals surface area contributed by atoms with E-state index < -0.39 is 25.0 Å². The van der Waals surface area contributed by atoms with Gasteiger partial charge in [0.25, 0.3) is 0 Å². The van der Waals surface area contributed by atoms with Crippen LogP contribution in [0.4, 0.5) is 0 Å². The van der Waals surface area contributed by atoms with Gasteiger partial charge in [-0.2, -0.15) is 0 Å². The summed E-state index contributed by atoms with van der Waals surface area (Å²) in [5.41, 5.74) is 0.926. The van der Waals surface area contributed by atoms with Crippen molar-refractivity contribution >= 4 is 22.1 Å². The quantitative estimate of drug-likeness (QED) is 0.381. The summed E-state index contributed by atoms with van der Waals surface area (Å²) in [5.74, 6) is -0.642. The monoisotopic (exact) mass is 379 g/mol. The molecule has 3 aromatic heterocycles. The molecule has 0 saturated heterocycles. The fourth-order valence-corrected chi connectivity index (χ4v) is 3.26. The number of furan rings is 1. The number of rotatable bonds is 3. The van der Waals surface area contributed by atoms with Crippen LogP contribution in [0.3, 0.4) is 0 Å². The maximum absolute atomic E-state index is 8.72. The highest BCUT2D eigenvalue weighted by atomic mass is 16.3. The van der Waals surface area contributed by atoms with Gasteiger partial charge in [-0.25, -0.2) is 4.98 Å². The van der Waals surface area contributed by atoms with Crippen molar-refractivity contribution in [3.8, 4) is 11.3 Å². The van der Waals surface area contributed by atoms with Crippen molar-refractivity contribution in [1.82, 2.24) is 9.97 Å². The van der Waals surface area contributed by atoms with Crippen LogP contribution in [0.15, 0.2) is 53.1 Å². The molecule has 0 radical (unpaired) electrons. The highest BCUT2D eigenvalue weighted by Crippen LogP contribution is 2.34. The first-order valence-electron chi connectivity index (χ1n) is 12.9. The average molecular weight is 380 g/mol. The number of hydrogen-bond donors (Lipinski definition) is 0. The SMILES string of the molecule is [2H]C(C)(c1ccnc(-c2ccc3oc4nc(C(C)(C([2H])([2H])[2H])C([2H])([2H])[2H])ccc4c3c2)c1)C(C)C. The van der Waals surface area contributed by atoms with Gasteiger partial charge in [-0.3, -0.25) is 4.98 Å².